The lowest BCUT2D eigenvalue weighted by molar-refractivity contribution is -0.123. The molecule has 1 aliphatic rings. The Morgan fingerprint density at radius 1 is 1.26 bits per heavy atom. The molecule has 2 amide bonds. The van der Waals surface area contributed by atoms with Crippen LogP contribution in [0, 0.1) is 5.92 Å². The number of nitrogens with two attached hydrogens (primary N) is 2. The second-order valence-corrected chi connectivity index (χ2v) is 5.52. The number of nitrogens with zero attached hydrogens (tertiary/aromatic N) is 1. The molecule has 0 unspecified atom stereocenters. The Kier molecular flexibility index (Phi) is 4.09. The average Bonchev–Trinajstić information content (AvgIpc) is 2.41. The van der Waals surface area contributed by atoms with Gasteiger partial charge in [-0.2, -0.15) is 0 Å². The van der Waals surface area contributed by atoms with Crippen LogP contribution in [0.3, 0.4) is 0 Å². The summed E-state index contributed by atoms with van der Waals surface area (Å²) in [6.07, 6.45) is 1.24. The third-order valence-electron chi connectivity index (χ3n) is 3.47. The van der Waals surface area contributed by atoms with Crippen LogP contribution in [0.5, 0.6) is 0 Å². The monoisotopic (exact) mass is 325 g/mol. The van der Waals surface area contributed by atoms with Gasteiger partial charge in [0, 0.05) is 23.5 Å². The fourth-order valence-corrected chi connectivity index (χ4v) is 2.63. The van der Waals surface area contributed by atoms with Gasteiger partial charge in [-0.05, 0) is 40.9 Å². The Balaban J connectivity index is 2.09. The molecule has 0 saturated carbocycles. The lowest BCUT2D eigenvalue weighted by Gasteiger charge is -2.31. The van der Waals surface area contributed by atoms with Crippen molar-refractivity contribution in [2.24, 2.45) is 11.7 Å². The van der Waals surface area contributed by atoms with Crippen LogP contribution in [0.25, 0.3) is 0 Å². The highest BCUT2D eigenvalue weighted by Crippen LogP contribution is 2.26. The molecule has 5 nitrogen and oxygen atoms in total. The Hall–Kier alpha value is -1.56. The van der Waals surface area contributed by atoms with E-state index in [1.807, 2.05) is 0 Å². The largest absolute Gasteiger partial charge is 0.397 e. The predicted molar refractivity (Wildman–Crippen MR) is 76.4 cm³/mol. The smallest absolute Gasteiger partial charge is 0.255 e. The molecule has 1 heterocycles. The van der Waals surface area contributed by atoms with E-state index in [2.05, 4.69) is 15.9 Å². The molecule has 0 atom stereocenters. The summed E-state index contributed by atoms with van der Waals surface area (Å²) in [6.45, 7) is 1.08. The third kappa shape index (κ3) is 2.89. The van der Waals surface area contributed by atoms with Gasteiger partial charge in [0.15, 0.2) is 0 Å². The number of benzene rings is 1. The maximum Gasteiger partial charge on any atom is 0.255 e. The van der Waals surface area contributed by atoms with Gasteiger partial charge in [0.2, 0.25) is 5.91 Å². The summed E-state index contributed by atoms with van der Waals surface area (Å²) >= 11 is 3.31. The van der Waals surface area contributed by atoms with Gasteiger partial charge in [0.05, 0.1) is 11.3 Å². The van der Waals surface area contributed by atoms with Crippen molar-refractivity contribution in [2.75, 3.05) is 18.8 Å². The number of rotatable bonds is 2. The Bertz CT molecular complexity index is 511. The molecule has 1 saturated heterocycles. The first-order valence-corrected chi connectivity index (χ1v) is 6.92. The van der Waals surface area contributed by atoms with Crippen LogP contribution in [0.4, 0.5) is 5.69 Å². The lowest BCUT2D eigenvalue weighted by Crippen LogP contribution is -2.41. The summed E-state index contributed by atoms with van der Waals surface area (Å²) in [5.74, 6) is -0.500. The maximum absolute atomic E-state index is 12.4. The molecule has 102 valence electrons. The summed E-state index contributed by atoms with van der Waals surface area (Å²) in [5, 5.41) is 0. The van der Waals surface area contributed by atoms with E-state index in [0.29, 0.717) is 41.7 Å². The fourth-order valence-electron chi connectivity index (χ4n) is 2.26. The molecule has 0 aromatic heterocycles. The molecule has 1 fully saturated rings. The van der Waals surface area contributed by atoms with Crippen molar-refractivity contribution in [3.63, 3.8) is 0 Å². The minimum atomic E-state index is -0.283. The first kappa shape index (κ1) is 13.9. The summed E-state index contributed by atoms with van der Waals surface area (Å²) in [5.41, 5.74) is 12.1. The third-order valence-corrected chi connectivity index (χ3v) is 4.16. The van der Waals surface area contributed by atoms with Crippen LogP contribution in [0.2, 0.25) is 0 Å². The highest BCUT2D eigenvalue weighted by atomic mass is 79.9. The number of carbonyl (C=O) groups is 2. The minimum absolute atomic E-state index is 0.0956. The second kappa shape index (κ2) is 5.61. The van der Waals surface area contributed by atoms with Crippen molar-refractivity contribution in [1.29, 1.82) is 0 Å². The number of likely N-dealkylation sites (tertiary alicyclic amines) is 1. The molecular weight excluding hydrogens is 310 g/mol. The van der Waals surface area contributed by atoms with E-state index in [1.165, 1.54) is 0 Å². The van der Waals surface area contributed by atoms with Crippen molar-refractivity contribution in [3.8, 4) is 0 Å². The van der Waals surface area contributed by atoms with E-state index < -0.39 is 0 Å². The fraction of sp³-hybridized carbons (Fsp3) is 0.385. The molecule has 6 heteroatoms. The topological polar surface area (TPSA) is 89.4 Å². The van der Waals surface area contributed by atoms with Crippen LogP contribution in [-0.4, -0.2) is 29.8 Å². The van der Waals surface area contributed by atoms with Crippen LogP contribution in [0.1, 0.15) is 23.2 Å². The SMILES string of the molecule is NC(=O)C1CCN(C(=O)c2cccc(Br)c2N)CC1. The van der Waals surface area contributed by atoms with Crippen molar-refractivity contribution in [1.82, 2.24) is 4.90 Å². The standard InChI is InChI=1S/C13H16BrN3O2/c14-10-3-1-2-9(11(10)15)13(19)17-6-4-8(5-7-17)12(16)18/h1-3,8H,4-7,15H2,(H2,16,18). The molecular formula is C13H16BrN3O2. The molecule has 1 aliphatic heterocycles. The molecule has 1 aromatic carbocycles. The lowest BCUT2D eigenvalue weighted by atomic mass is 9.96. The summed E-state index contributed by atoms with van der Waals surface area (Å²) in [7, 11) is 0. The molecule has 2 rings (SSSR count). The highest BCUT2D eigenvalue weighted by molar-refractivity contribution is 9.10. The number of hydrogen-bond acceptors (Lipinski definition) is 3. The van der Waals surface area contributed by atoms with Gasteiger partial charge >= 0.3 is 0 Å². The second-order valence-electron chi connectivity index (χ2n) is 4.67. The number of primary amides is 1. The number of carbonyl (C=O) groups excluding carboxylic acids is 2. The van der Waals surface area contributed by atoms with Gasteiger partial charge in [-0.15, -0.1) is 0 Å². The number of amides is 2. The average molecular weight is 326 g/mol. The number of anilines is 1. The van der Waals surface area contributed by atoms with E-state index in [9.17, 15) is 9.59 Å². The van der Waals surface area contributed by atoms with Crippen LogP contribution in [-0.2, 0) is 4.79 Å². The van der Waals surface area contributed by atoms with Crippen LogP contribution < -0.4 is 11.5 Å². The van der Waals surface area contributed by atoms with Crippen molar-refractivity contribution < 1.29 is 9.59 Å². The normalized spacial score (nSPS) is 16.4. The quantitative estimate of drug-likeness (QED) is 0.805. The Morgan fingerprint density at radius 3 is 2.47 bits per heavy atom. The van der Waals surface area contributed by atoms with Crippen molar-refractivity contribution in [2.45, 2.75) is 12.8 Å². The van der Waals surface area contributed by atoms with Gasteiger partial charge in [-0.25, -0.2) is 0 Å². The zero-order valence-corrected chi connectivity index (χ0v) is 12.0. The summed E-state index contributed by atoms with van der Waals surface area (Å²) in [4.78, 5) is 25.2. The minimum Gasteiger partial charge on any atom is -0.397 e. The molecule has 4 N–H and O–H groups in total. The number of hydrogen-bond donors (Lipinski definition) is 2. The molecule has 0 radical (unpaired) electrons. The van der Waals surface area contributed by atoms with Gasteiger partial charge in [-0.1, -0.05) is 6.07 Å². The maximum atomic E-state index is 12.4. The highest BCUT2D eigenvalue weighted by Gasteiger charge is 2.27. The molecule has 0 aliphatic carbocycles. The number of para-hydroxylation sites is 1. The zero-order valence-electron chi connectivity index (χ0n) is 10.4. The van der Waals surface area contributed by atoms with Gasteiger partial charge in [0.25, 0.3) is 5.91 Å². The number of piperidine rings is 1. The predicted octanol–water partition coefficient (Wildman–Crippen LogP) is 1.37. The summed E-state index contributed by atoms with van der Waals surface area (Å²) < 4.78 is 0.713. The van der Waals surface area contributed by atoms with Gasteiger partial charge in [-0.3, -0.25) is 9.59 Å². The number of halogens is 1. The first-order valence-electron chi connectivity index (χ1n) is 6.13. The van der Waals surface area contributed by atoms with Crippen molar-refractivity contribution >= 4 is 33.4 Å². The van der Waals surface area contributed by atoms with Gasteiger partial charge in [0.1, 0.15) is 0 Å². The van der Waals surface area contributed by atoms with Crippen LogP contribution in [0.15, 0.2) is 22.7 Å². The van der Waals surface area contributed by atoms with Crippen LogP contribution >= 0.6 is 15.9 Å². The van der Waals surface area contributed by atoms with Gasteiger partial charge < -0.3 is 16.4 Å². The van der Waals surface area contributed by atoms with E-state index >= 15 is 0 Å². The van der Waals surface area contributed by atoms with E-state index in [-0.39, 0.29) is 17.7 Å². The zero-order chi connectivity index (χ0) is 14.0. The van der Waals surface area contributed by atoms with Crippen molar-refractivity contribution in [3.05, 3.63) is 28.2 Å². The molecule has 19 heavy (non-hydrogen) atoms. The first-order chi connectivity index (χ1) is 9.00. The van der Waals surface area contributed by atoms with E-state index in [0.717, 1.165) is 0 Å². The number of nitrogen functional groups attached to an aromatic ring is 1. The van der Waals surface area contributed by atoms with E-state index in [1.54, 1.807) is 23.1 Å². The molecule has 1 aromatic rings. The Morgan fingerprint density at radius 2 is 1.89 bits per heavy atom. The summed E-state index contributed by atoms with van der Waals surface area (Å²) in [6, 6.07) is 5.29. The Labute approximate surface area is 120 Å². The van der Waals surface area contributed by atoms with E-state index in [4.69, 9.17) is 11.5 Å². The molecule has 0 bridgehead atoms. The molecule has 0 spiro atoms.